The minimum atomic E-state index is -1.05. The fraction of sp³-hybridized carbons (Fsp3) is 0.400. The lowest BCUT2D eigenvalue weighted by atomic mass is 9.99. The molecule has 1 amide bonds. The average molecular weight is 292 g/mol. The van der Waals surface area contributed by atoms with E-state index in [0.29, 0.717) is 12.0 Å². The lowest BCUT2D eigenvalue weighted by Gasteiger charge is -2.28. The first kappa shape index (κ1) is 16.7. The minimum Gasteiger partial charge on any atom is -0.465 e. The van der Waals surface area contributed by atoms with Crippen LogP contribution < -0.4 is 0 Å². The van der Waals surface area contributed by atoms with Gasteiger partial charge in [-0.05, 0) is 12.0 Å². The molecule has 0 heterocycles. The lowest BCUT2D eigenvalue weighted by Crippen LogP contribution is -2.34. The van der Waals surface area contributed by atoms with E-state index in [4.69, 9.17) is 0 Å². The summed E-state index contributed by atoms with van der Waals surface area (Å²) >= 11 is 0. The molecule has 0 saturated heterocycles. The standard InChI is InChI=1S/C15H20N2O4/c1-3-5-9-14(16(10-4-2)15(18)19)12-7-6-8-13(11-12)17(20)21/h4,6-8,11,14H,2-3,5,9-10H2,1H3,(H,18,19). The molecule has 0 fully saturated rings. The van der Waals surface area contributed by atoms with Crippen LogP contribution in [0.4, 0.5) is 10.5 Å². The molecule has 0 bridgehead atoms. The van der Waals surface area contributed by atoms with E-state index in [0.717, 1.165) is 12.8 Å². The zero-order valence-electron chi connectivity index (χ0n) is 12.1. The Bertz CT molecular complexity index is 516. The van der Waals surface area contributed by atoms with Crippen LogP contribution >= 0.6 is 0 Å². The average Bonchev–Trinajstić information content (AvgIpc) is 2.46. The van der Waals surface area contributed by atoms with Crippen LogP contribution in [0, 0.1) is 10.1 Å². The third-order valence-corrected chi connectivity index (χ3v) is 3.24. The zero-order valence-corrected chi connectivity index (χ0v) is 12.1. The number of amides is 1. The SMILES string of the molecule is C=CCN(C(=O)O)C(CCCC)c1cccc([N+](=O)[O-])c1. The van der Waals surface area contributed by atoms with Gasteiger partial charge in [-0.25, -0.2) is 4.79 Å². The molecule has 6 nitrogen and oxygen atoms in total. The Labute approximate surface area is 123 Å². The highest BCUT2D eigenvalue weighted by Crippen LogP contribution is 2.29. The van der Waals surface area contributed by atoms with Crippen molar-refractivity contribution in [3.63, 3.8) is 0 Å². The summed E-state index contributed by atoms with van der Waals surface area (Å²) in [5, 5.41) is 20.2. The molecule has 1 aromatic rings. The number of hydrogen-bond donors (Lipinski definition) is 1. The van der Waals surface area contributed by atoms with Gasteiger partial charge in [0.05, 0.1) is 11.0 Å². The Morgan fingerprint density at radius 2 is 2.29 bits per heavy atom. The Morgan fingerprint density at radius 1 is 1.57 bits per heavy atom. The van der Waals surface area contributed by atoms with E-state index in [1.807, 2.05) is 6.92 Å². The maximum atomic E-state index is 11.4. The summed E-state index contributed by atoms with van der Waals surface area (Å²) in [7, 11) is 0. The highest BCUT2D eigenvalue weighted by molar-refractivity contribution is 5.66. The molecule has 0 aliphatic heterocycles. The lowest BCUT2D eigenvalue weighted by molar-refractivity contribution is -0.385. The number of carbonyl (C=O) groups is 1. The number of unbranched alkanes of at least 4 members (excludes halogenated alkanes) is 1. The van der Waals surface area contributed by atoms with Crippen LogP contribution in [0.3, 0.4) is 0 Å². The third kappa shape index (κ3) is 4.59. The van der Waals surface area contributed by atoms with E-state index < -0.39 is 17.1 Å². The van der Waals surface area contributed by atoms with E-state index in [1.54, 1.807) is 12.1 Å². The predicted molar refractivity (Wildman–Crippen MR) is 80.3 cm³/mol. The molecule has 114 valence electrons. The number of carboxylic acid groups (broad SMARTS) is 1. The van der Waals surface area contributed by atoms with Crippen molar-refractivity contribution >= 4 is 11.8 Å². The molecule has 1 rings (SSSR count). The summed E-state index contributed by atoms with van der Waals surface area (Å²) in [6.45, 7) is 5.78. The van der Waals surface area contributed by atoms with Crippen LogP contribution in [0.15, 0.2) is 36.9 Å². The Morgan fingerprint density at radius 3 is 2.81 bits per heavy atom. The second-order valence-electron chi connectivity index (χ2n) is 4.73. The van der Waals surface area contributed by atoms with Crippen molar-refractivity contribution in [1.82, 2.24) is 4.90 Å². The van der Waals surface area contributed by atoms with Crippen molar-refractivity contribution in [1.29, 1.82) is 0 Å². The third-order valence-electron chi connectivity index (χ3n) is 3.24. The van der Waals surface area contributed by atoms with Crippen LogP contribution in [0.1, 0.15) is 37.8 Å². The van der Waals surface area contributed by atoms with Gasteiger partial charge < -0.3 is 5.11 Å². The van der Waals surface area contributed by atoms with Gasteiger partial charge in [-0.2, -0.15) is 0 Å². The van der Waals surface area contributed by atoms with Gasteiger partial charge in [0, 0.05) is 18.7 Å². The number of nitro groups is 1. The van der Waals surface area contributed by atoms with Gasteiger partial charge in [0.25, 0.3) is 5.69 Å². The number of rotatable bonds is 8. The topological polar surface area (TPSA) is 83.7 Å². The van der Waals surface area contributed by atoms with Crippen molar-refractivity contribution in [3.05, 3.63) is 52.6 Å². The summed E-state index contributed by atoms with van der Waals surface area (Å²) in [6.07, 6.45) is 2.85. The molecular weight excluding hydrogens is 272 g/mol. The minimum absolute atomic E-state index is 0.0297. The molecule has 0 saturated carbocycles. The van der Waals surface area contributed by atoms with E-state index in [9.17, 15) is 20.0 Å². The molecule has 1 aromatic carbocycles. The molecule has 1 atom stereocenters. The fourth-order valence-electron chi connectivity index (χ4n) is 2.22. The summed E-state index contributed by atoms with van der Waals surface area (Å²) in [4.78, 5) is 23.1. The number of benzene rings is 1. The molecule has 0 radical (unpaired) electrons. The van der Waals surface area contributed by atoms with Gasteiger partial charge >= 0.3 is 6.09 Å². The van der Waals surface area contributed by atoms with Crippen molar-refractivity contribution in [3.8, 4) is 0 Å². The second kappa shape index (κ2) is 8.04. The van der Waals surface area contributed by atoms with Crippen LogP contribution in [0.5, 0.6) is 0 Å². The largest absolute Gasteiger partial charge is 0.465 e. The first-order valence-electron chi connectivity index (χ1n) is 6.86. The number of nitrogens with zero attached hydrogens (tertiary/aromatic N) is 2. The molecular formula is C15H20N2O4. The smallest absolute Gasteiger partial charge is 0.408 e. The van der Waals surface area contributed by atoms with Crippen LogP contribution in [-0.2, 0) is 0 Å². The zero-order chi connectivity index (χ0) is 15.8. The first-order chi connectivity index (χ1) is 10.0. The van der Waals surface area contributed by atoms with Gasteiger partial charge in [0.15, 0.2) is 0 Å². The summed E-state index contributed by atoms with van der Waals surface area (Å²) in [5.74, 6) is 0. The normalized spacial score (nSPS) is 11.7. The number of hydrogen-bond acceptors (Lipinski definition) is 3. The maximum absolute atomic E-state index is 11.4. The second-order valence-corrected chi connectivity index (χ2v) is 4.73. The molecule has 6 heteroatoms. The van der Waals surface area contributed by atoms with E-state index >= 15 is 0 Å². The van der Waals surface area contributed by atoms with Crippen LogP contribution in [-0.4, -0.2) is 27.6 Å². The van der Waals surface area contributed by atoms with Crippen LogP contribution in [0.2, 0.25) is 0 Å². The van der Waals surface area contributed by atoms with E-state index in [-0.39, 0.29) is 12.2 Å². The van der Waals surface area contributed by atoms with Gasteiger partial charge in [-0.3, -0.25) is 15.0 Å². The van der Waals surface area contributed by atoms with E-state index in [2.05, 4.69) is 6.58 Å². The monoisotopic (exact) mass is 292 g/mol. The molecule has 0 aromatic heterocycles. The number of non-ortho nitro benzene ring substituents is 1. The summed E-state index contributed by atoms with van der Waals surface area (Å²) < 4.78 is 0. The van der Waals surface area contributed by atoms with Crippen molar-refractivity contribution in [2.75, 3.05) is 6.54 Å². The maximum Gasteiger partial charge on any atom is 0.408 e. The molecule has 1 unspecified atom stereocenters. The van der Waals surface area contributed by atoms with Gasteiger partial charge in [0.2, 0.25) is 0 Å². The number of nitro benzene ring substituents is 1. The summed E-state index contributed by atoms with van der Waals surface area (Å²) in [6, 6.07) is 5.76. The highest BCUT2D eigenvalue weighted by Gasteiger charge is 2.24. The Balaban J connectivity index is 3.16. The fourth-order valence-corrected chi connectivity index (χ4v) is 2.22. The molecule has 1 N–H and O–H groups in total. The molecule has 0 aliphatic carbocycles. The molecule has 21 heavy (non-hydrogen) atoms. The highest BCUT2D eigenvalue weighted by atomic mass is 16.6. The van der Waals surface area contributed by atoms with Crippen molar-refractivity contribution < 1.29 is 14.8 Å². The van der Waals surface area contributed by atoms with Crippen molar-refractivity contribution in [2.45, 2.75) is 32.2 Å². The predicted octanol–water partition coefficient (Wildman–Crippen LogP) is 3.99. The van der Waals surface area contributed by atoms with E-state index in [1.165, 1.54) is 23.1 Å². The quantitative estimate of drug-likeness (QED) is 0.446. The first-order valence-corrected chi connectivity index (χ1v) is 6.86. The van der Waals surface area contributed by atoms with Gasteiger partial charge in [-0.1, -0.05) is 38.0 Å². The Kier molecular flexibility index (Phi) is 6.39. The van der Waals surface area contributed by atoms with Crippen molar-refractivity contribution in [2.24, 2.45) is 0 Å². The Hall–Kier alpha value is -2.37. The van der Waals surface area contributed by atoms with Crippen LogP contribution in [0.25, 0.3) is 0 Å². The van der Waals surface area contributed by atoms with Gasteiger partial charge in [0.1, 0.15) is 0 Å². The molecule has 0 spiro atoms. The van der Waals surface area contributed by atoms with Gasteiger partial charge in [-0.15, -0.1) is 6.58 Å². The molecule has 0 aliphatic rings. The summed E-state index contributed by atoms with van der Waals surface area (Å²) in [5.41, 5.74) is 0.611.